The summed E-state index contributed by atoms with van der Waals surface area (Å²) in [5.41, 5.74) is 1.95. The third-order valence-electron chi connectivity index (χ3n) is 1.94. The highest BCUT2D eigenvalue weighted by molar-refractivity contribution is 7.80. The van der Waals surface area contributed by atoms with Crippen LogP contribution in [0.25, 0.3) is 0 Å². The molecule has 0 fully saturated rings. The molecule has 0 saturated heterocycles. The van der Waals surface area contributed by atoms with Gasteiger partial charge in [0.1, 0.15) is 0 Å². The normalized spacial score (nSPS) is 10.2. The molecule has 0 radical (unpaired) electrons. The van der Waals surface area contributed by atoms with Crippen LogP contribution in [-0.2, 0) is 0 Å². The van der Waals surface area contributed by atoms with Crippen molar-refractivity contribution < 1.29 is 0 Å². The highest BCUT2D eigenvalue weighted by Gasteiger charge is 2.04. The molecule has 0 bridgehead atoms. The van der Waals surface area contributed by atoms with E-state index in [1.807, 2.05) is 39.0 Å². The van der Waals surface area contributed by atoms with Crippen molar-refractivity contribution in [1.82, 2.24) is 5.32 Å². The van der Waals surface area contributed by atoms with Crippen molar-refractivity contribution in [2.24, 2.45) is 0 Å². The molecule has 15 heavy (non-hydrogen) atoms. The summed E-state index contributed by atoms with van der Waals surface area (Å²) in [4.78, 5) is 0. The van der Waals surface area contributed by atoms with Crippen LogP contribution >= 0.6 is 23.8 Å². The average molecular weight is 243 g/mol. The summed E-state index contributed by atoms with van der Waals surface area (Å²) < 4.78 is 0. The zero-order valence-electron chi connectivity index (χ0n) is 9.10. The molecule has 2 N–H and O–H groups in total. The maximum atomic E-state index is 6.00. The monoisotopic (exact) mass is 242 g/mol. The number of nitrogens with one attached hydrogen (secondary N) is 2. The number of halogens is 1. The van der Waals surface area contributed by atoms with Crippen molar-refractivity contribution in [2.75, 3.05) is 5.32 Å². The topological polar surface area (TPSA) is 24.1 Å². The van der Waals surface area contributed by atoms with Crippen LogP contribution in [0, 0.1) is 6.92 Å². The number of hydrogen-bond donors (Lipinski definition) is 2. The molecule has 82 valence electrons. The lowest BCUT2D eigenvalue weighted by atomic mass is 10.2. The quantitative estimate of drug-likeness (QED) is 0.778. The SMILES string of the molecule is Cc1c(Cl)cccc1NC(=S)NC(C)C. The molecule has 0 aliphatic heterocycles. The Morgan fingerprint density at radius 2 is 2.07 bits per heavy atom. The van der Waals surface area contributed by atoms with Gasteiger partial charge >= 0.3 is 0 Å². The number of anilines is 1. The van der Waals surface area contributed by atoms with E-state index in [1.54, 1.807) is 0 Å². The van der Waals surface area contributed by atoms with Crippen LogP contribution in [0.1, 0.15) is 19.4 Å². The van der Waals surface area contributed by atoms with Crippen molar-refractivity contribution in [3.63, 3.8) is 0 Å². The van der Waals surface area contributed by atoms with E-state index in [0.717, 1.165) is 16.3 Å². The minimum absolute atomic E-state index is 0.324. The van der Waals surface area contributed by atoms with E-state index >= 15 is 0 Å². The molecule has 0 amide bonds. The molecule has 4 heteroatoms. The van der Waals surface area contributed by atoms with E-state index in [9.17, 15) is 0 Å². The highest BCUT2D eigenvalue weighted by atomic mass is 35.5. The lowest BCUT2D eigenvalue weighted by Gasteiger charge is -2.15. The zero-order chi connectivity index (χ0) is 11.4. The predicted molar refractivity (Wildman–Crippen MR) is 70.7 cm³/mol. The molecular weight excluding hydrogens is 228 g/mol. The third-order valence-corrected chi connectivity index (χ3v) is 2.57. The predicted octanol–water partition coefficient (Wildman–Crippen LogP) is 3.34. The van der Waals surface area contributed by atoms with Crippen LogP contribution in [0.2, 0.25) is 5.02 Å². The van der Waals surface area contributed by atoms with Crippen molar-refractivity contribution >= 4 is 34.6 Å². The highest BCUT2D eigenvalue weighted by Crippen LogP contribution is 2.22. The summed E-state index contributed by atoms with van der Waals surface area (Å²) in [5.74, 6) is 0. The largest absolute Gasteiger partial charge is 0.360 e. The van der Waals surface area contributed by atoms with Crippen LogP contribution < -0.4 is 10.6 Å². The molecule has 0 saturated carbocycles. The molecule has 1 aromatic carbocycles. The zero-order valence-corrected chi connectivity index (χ0v) is 10.7. The summed E-state index contributed by atoms with van der Waals surface area (Å²) in [7, 11) is 0. The maximum absolute atomic E-state index is 6.00. The average Bonchev–Trinajstić information content (AvgIpc) is 2.11. The van der Waals surface area contributed by atoms with Gasteiger partial charge in [-0.1, -0.05) is 17.7 Å². The van der Waals surface area contributed by atoms with Crippen LogP contribution in [0.5, 0.6) is 0 Å². The van der Waals surface area contributed by atoms with Crippen LogP contribution in [0.3, 0.4) is 0 Å². The Labute approximate surface area is 101 Å². The van der Waals surface area contributed by atoms with Gasteiger partial charge < -0.3 is 10.6 Å². The van der Waals surface area contributed by atoms with Crippen molar-refractivity contribution in [1.29, 1.82) is 0 Å². The number of thiocarbonyl (C=S) groups is 1. The second kappa shape index (κ2) is 5.33. The molecular formula is C11H15ClN2S. The second-order valence-corrected chi connectivity index (χ2v) is 4.48. The smallest absolute Gasteiger partial charge is 0.170 e. The lowest BCUT2D eigenvalue weighted by molar-refractivity contribution is 0.739. The Bertz CT molecular complexity index is 364. The van der Waals surface area contributed by atoms with Gasteiger partial charge in [-0.3, -0.25) is 0 Å². The number of benzene rings is 1. The van der Waals surface area contributed by atoms with Gasteiger partial charge in [-0.05, 0) is 50.7 Å². The Morgan fingerprint density at radius 1 is 1.40 bits per heavy atom. The van der Waals surface area contributed by atoms with Crippen molar-refractivity contribution in [3.8, 4) is 0 Å². The maximum Gasteiger partial charge on any atom is 0.170 e. The fraction of sp³-hybridized carbons (Fsp3) is 0.364. The Kier molecular flexibility index (Phi) is 4.36. The Balaban J connectivity index is 2.73. The van der Waals surface area contributed by atoms with Crippen LogP contribution in [0.4, 0.5) is 5.69 Å². The first-order chi connectivity index (χ1) is 7.00. The van der Waals surface area contributed by atoms with E-state index in [2.05, 4.69) is 10.6 Å². The van der Waals surface area contributed by atoms with Gasteiger partial charge in [0.15, 0.2) is 5.11 Å². The molecule has 1 aromatic rings. The third kappa shape index (κ3) is 3.68. The molecule has 1 rings (SSSR count). The van der Waals surface area contributed by atoms with Crippen molar-refractivity contribution in [2.45, 2.75) is 26.8 Å². The van der Waals surface area contributed by atoms with Gasteiger partial charge in [0.2, 0.25) is 0 Å². The molecule has 0 aliphatic carbocycles. The minimum Gasteiger partial charge on any atom is -0.360 e. The molecule has 0 heterocycles. The van der Waals surface area contributed by atoms with Crippen LogP contribution in [-0.4, -0.2) is 11.2 Å². The van der Waals surface area contributed by atoms with Gasteiger partial charge in [0.25, 0.3) is 0 Å². The molecule has 0 atom stereocenters. The fourth-order valence-corrected chi connectivity index (χ4v) is 1.68. The first-order valence-electron chi connectivity index (χ1n) is 4.83. The summed E-state index contributed by atoms with van der Waals surface area (Å²) in [6.07, 6.45) is 0. The Morgan fingerprint density at radius 3 is 2.67 bits per heavy atom. The van der Waals surface area contributed by atoms with Gasteiger partial charge in [-0.25, -0.2) is 0 Å². The van der Waals surface area contributed by atoms with Gasteiger partial charge in [0, 0.05) is 16.8 Å². The first-order valence-corrected chi connectivity index (χ1v) is 5.62. The van der Waals surface area contributed by atoms with Gasteiger partial charge in [0.05, 0.1) is 0 Å². The summed E-state index contributed by atoms with van der Waals surface area (Å²) >= 11 is 11.1. The molecule has 0 unspecified atom stereocenters. The van der Waals surface area contributed by atoms with Gasteiger partial charge in [-0.2, -0.15) is 0 Å². The van der Waals surface area contributed by atoms with E-state index in [-0.39, 0.29) is 0 Å². The first kappa shape index (κ1) is 12.3. The van der Waals surface area contributed by atoms with Crippen molar-refractivity contribution in [3.05, 3.63) is 28.8 Å². The second-order valence-electron chi connectivity index (χ2n) is 3.67. The standard InChI is InChI=1S/C11H15ClN2S/c1-7(2)13-11(15)14-10-6-4-5-9(12)8(10)3/h4-7H,1-3H3,(H2,13,14,15). The lowest BCUT2D eigenvalue weighted by Crippen LogP contribution is -2.34. The van der Waals surface area contributed by atoms with E-state index in [1.165, 1.54) is 0 Å². The van der Waals surface area contributed by atoms with E-state index in [0.29, 0.717) is 11.2 Å². The molecule has 0 aromatic heterocycles. The van der Waals surface area contributed by atoms with E-state index in [4.69, 9.17) is 23.8 Å². The molecule has 0 aliphatic rings. The minimum atomic E-state index is 0.324. The summed E-state index contributed by atoms with van der Waals surface area (Å²) in [6.45, 7) is 6.04. The van der Waals surface area contributed by atoms with E-state index < -0.39 is 0 Å². The van der Waals surface area contributed by atoms with Gasteiger partial charge in [-0.15, -0.1) is 0 Å². The fourth-order valence-electron chi connectivity index (χ4n) is 1.16. The molecule has 2 nitrogen and oxygen atoms in total. The number of rotatable bonds is 2. The Hall–Kier alpha value is -0.800. The van der Waals surface area contributed by atoms with Crippen LogP contribution in [0.15, 0.2) is 18.2 Å². The molecule has 0 spiro atoms. The summed E-state index contributed by atoms with van der Waals surface area (Å²) in [6, 6.07) is 6.04. The summed E-state index contributed by atoms with van der Waals surface area (Å²) in [5, 5.41) is 7.60. The number of hydrogen-bond acceptors (Lipinski definition) is 1.